The van der Waals surface area contributed by atoms with Gasteiger partial charge in [-0.3, -0.25) is 15.2 Å². The van der Waals surface area contributed by atoms with Crippen LogP contribution in [0.4, 0.5) is 17.1 Å². The molecule has 0 bridgehead atoms. The number of nitro groups is 1. The number of rotatable bonds is 4. The van der Waals surface area contributed by atoms with Gasteiger partial charge in [-0.15, -0.1) is 0 Å². The van der Waals surface area contributed by atoms with E-state index in [-0.39, 0.29) is 16.9 Å². The number of nitro benzene ring substituents is 1. The second-order valence-corrected chi connectivity index (χ2v) is 4.71. The Labute approximate surface area is 130 Å². The Balaban J connectivity index is 2.16. The number of anilines is 2. The van der Waals surface area contributed by atoms with Crippen LogP contribution in [0.2, 0.25) is 0 Å². The number of hydrogen-bond donors (Lipinski definition) is 2. The lowest BCUT2D eigenvalue weighted by Gasteiger charge is -2.11. The average molecular weight is 312 g/mol. The number of hydrogen-bond acceptors (Lipinski definition) is 6. The van der Waals surface area contributed by atoms with Gasteiger partial charge in [0.1, 0.15) is 5.69 Å². The summed E-state index contributed by atoms with van der Waals surface area (Å²) in [4.78, 5) is 22.6. The number of nitrogens with one attached hydrogen (secondary N) is 2. The molecule has 8 heteroatoms. The molecule has 2 aromatic carbocycles. The van der Waals surface area contributed by atoms with E-state index in [4.69, 9.17) is 4.74 Å². The molecule has 0 amide bonds. The van der Waals surface area contributed by atoms with E-state index in [1.165, 1.54) is 25.3 Å². The number of methoxy groups -OCH3 is 1. The van der Waals surface area contributed by atoms with Crippen LogP contribution in [-0.4, -0.2) is 28.2 Å². The van der Waals surface area contributed by atoms with Crippen molar-refractivity contribution < 1.29 is 14.5 Å². The first-order valence-corrected chi connectivity index (χ1v) is 6.66. The van der Waals surface area contributed by atoms with Crippen LogP contribution in [-0.2, 0) is 4.74 Å². The van der Waals surface area contributed by atoms with Crippen LogP contribution in [0, 0.1) is 10.1 Å². The molecular formula is C15H12N4O4. The van der Waals surface area contributed by atoms with Crippen LogP contribution in [0.25, 0.3) is 10.9 Å². The highest BCUT2D eigenvalue weighted by molar-refractivity contribution is 6.01. The van der Waals surface area contributed by atoms with Crippen molar-refractivity contribution in [2.24, 2.45) is 0 Å². The zero-order valence-corrected chi connectivity index (χ0v) is 12.1. The van der Waals surface area contributed by atoms with Gasteiger partial charge in [0, 0.05) is 11.5 Å². The largest absolute Gasteiger partial charge is 0.465 e. The maximum Gasteiger partial charge on any atom is 0.340 e. The first kappa shape index (κ1) is 14.5. The fraction of sp³-hybridized carbons (Fsp3) is 0.0667. The van der Waals surface area contributed by atoms with Gasteiger partial charge in [0.15, 0.2) is 0 Å². The van der Waals surface area contributed by atoms with Crippen molar-refractivity contribution in [3.05, 3.63) is 58.3 Å². The maximum atomic E-state index is 11.9. The summed E-state index contributed by atoms with van der Waals surface area (Å²) in [5.74, 6) is -0.659. The van der Waals surface area contributed by atoms with Gasteiger partial charge in [-0.05, 0) is 12.1 Å². The summed E-state index contributed by atoms with van der Waals surface area (Å²) < 4.78 is 4.70. The Morgan fingerprint density at radius 1 is 1.30 bits per heavy atom. The van der Waals surface area contributed by atoms with Crippen LogP contribution >= 0.6 is 0 Å². The highest BCUT2D eigenvalue weighted by Crippen LogP contribution is 2.33. The molecule has 8 nitrogen and oxygen atoms in total. The van der Waals surface area contributed by atoms with Gasteiger partial charge < -0.3 is 10.1 Å². The number of fused-ring (bicyclic) bond motifs is 1. The summed E-state index contributed by atoms with van der Waals surface area (Å²) in [6.45, 7) is 0. The number of ether oxygens (including phenoxy) is 1. The topological polar surface area (TPSA) is 110 Å². The molecule has 0 spiro atoms. The quantitative estimate of drug-likeness (QED) is 0.435. The molecule has 116 valence electrons. The predicted molar refractivity (Wildman–Crippen MR) is 83.8 cm³/mol. The first-order valence-electron chi connectivity index (χ1n) is 6.66. The van der Waals surface area contributed by atoms with Crippen molar-refractivity contribution in [3.63, 3.8) is 0 Å². The van der Waals surface area contributed by atoms with Crippen molar-refractivity contribution >= 4 is 33.9 Å². The fourth-order valence-electron chi connectivity index (χ4n) is 2.31. The molecule has 2 N–H and O–H groups in total. The number of carbonyl (C=O) groups excluding carboxylic acids is 1. The molecular weight excluding hydrogens is 300 g/mol. The van der Waals surface area contributed by atoms with Crippen LogP contribution in [0.5, 0.6) is 0 Å². The lowest BCUT2D eigenvalue weighted by atomic mass is 10.1. The predicted octanol–water partition coefficient (Wildman–Crippen LogP) is 3.00. The number of benzene rings is 2. The molecule has 0 aliphatic rings. The molecule has 0 unspecified atom stereocenters. The zero-order valence-electron chi connectivity index (χ0n) is 12.1. The Hall–Kier alpha value is -3.42. The van der Waals surface area contributed by atoms with E-state index in [0.29, 0.717) is 11.2 Å². The third kappa shape index (κ3) is 2.57. The molecule has 0 fully saturated rings. The minimum Gasteiger partial charge on any atom is -0.465 e. The number of aromatic amines is 1. The molecule has 3 aromatic rings. The number of carbonyl (C=O) groups is 1. The fourth-order valence-corrected chi connectivity index (χ4v) is 2.31. The van der Waals surface area contributed by atoms with Gasteiger partial charge in [0.2, 0.25) is 0 Å². The average Bonchev–Trinajstić information content (AvgIpc) is 3.03. The van der Waals surface area contributed by atoms with Crippen molar-refractivity contribution in [2.75, 3.05) is 12.4 Å². The molecule has 0 radical (unpaired) electrons. The van der Waals surface area contributed by atoms with E-state index in [1.54, 1.807) is 18.3 Å². The maximum absolute atomic E-state index is 11.9. The van der Waals surface area contributed by atoms with Gasteiger partial charge in [-0.1, -0.05) is 18.2 Å². The Kier molecular flexibility index (Phi) is 3.63. The van der Waals surface area contributed by atoms with Gasteiger partial charge in [0.05, 0.1) is 35.0 Å². The van der Waals surface area contributed by atoms with Crippen LogP contribution in [0.3, 0.4) is 0 Å². The molecule has 0 aliphatic heterocycles. The Morgan fingerprint density at radius 2 is 2.09 bits per heavy atom. The number of aromatic nitrogens is 2. The molecule has 3 rings (SSSR count). The minimum absolute atomic E-state index is 0.0754. The monoisotopic (exact) mass is 312 g/mol. The van der Waals surface area contributed by atoms with Gasteiger partial charge in [-0.2, -0.15) is 5.10 Å². The summed E-state index contributed by atoms with van der Waals surface area (Å²) in [7, 11) is 1.22. The van der Waals surface area contributed by atoms with Crippen LogP contribution in [0.1, 0.15) is 10.4 Å². The highest BCUT2D eigenvalue weighted by atomic mass is 16.6. The first-order chi connectivity index (χ1) is 11.1. The lowest BCUT2D eigenvalue weighted by molar-refractivity contribution is -0.383. The molecule has 1 aromatic heterocycles. The van der Waals surface area contributed by atoms with Gasteiger partial charge in [0.25, 0.3) is 5.69 Å². The molecule has 0 atom stereocenters. The van der Waals surface area contributed by atoms with Gasteiger partial charge in [-0.25, -0.2) is 4.79 Å². The SMILES string of the molecule is COC(=O)c1cccc([N+](=O)[O-])c1Nc1cccc2cn[nH]c12. The van der Waals surface area contributed by atoms with Gasteiger partial charge >= 0.3 is 5.97 Å². The normalized spacial score (nSPS) is 10.5. The summed E-state index contributed by atoms with van der Waals surface area (Å²) in [6.07, 6.45) is 1.64. The van der Waals surface area contributed by atoms with Crippen molar-refractivity contribution in [1.82, 2.24) is 10.2 Å². The number of para-hydroxylation sites is 2. The smallest absolute Gasteiger partial charge is 0.340 e. The zero-order chi connectivity index (χ0) is 16.4. The lowest BCUT2D eigenvalue weighted by Crippen LogP contribution is -2.08. The Bertz CT molecular complexity index is 903. The van der Waals surface area contributed by atoms with E-state index >= 15 is 0 Å². The number of H-pyrrole nitrogens is 1. The minimum atomic E-state index is -0.659. The third-order valence-electron chi connectivity index (χ3n) is 3.38. The van der Waals surface area contributed by atoms with E-state index in [2.05, 4.69) is 15.5 Å². The van der Waals surface area contributed by atoms with Crippen LogP contribution < -0.4 is 5.32 Å². The molecule has 0 saturated carbocycles. The summed E-state index contributed by atoms with van der Waals surface area (Å²) in [6, 6.07) is 9.60. The summed E-state index contributed by atoms with van der Waals surface area (Å²) in [5.41, 5.74) is 1.19. The summed E-state index contributed by atoms with van der Waals surface area (Å²) >= 11 is 0. The van der Waals surface area contributed by atoms with Crippen LogP contribution in [0.15, 0.2) is 42.6 Å². The molecule has 0 aliphatic carbocycles. The van der Waals surface area contributed by atoms with E-state index in [0.717, 1.165) is 5.39 Å². The standard InChI is InChI=1S/C15H12N4O4/c1-23-15(20)10-5-3-7-12(19(21)22)14(10)17-11-6-2-4-9-8-16-18-13(9)11/h2-8,17H,1H3,(H,16,18). The van der Waals surface area contributed by atoms with Crippen molar-refractivity contribution in [2.45, 2.75) is 0 Å². The summed E-state index contributed by atoms with van der Waals surface area (Å²) in [5, 5.41) is 21.8. The van der Waals surface area contributed by atoms with E-state index < -0.39 is 10.9 Å². The van der Waals surface area contributed by atoms with E-state index in [9.17, 15) is 14.9 Å². The third-order valence-corrected chi connectivity index (χ3v) is 3.38. The Morgan fingerprint density at radius 3 is 2.83 bits per heavy atom. The number of nitrogens with zero attached hydrogens (tertiary/aromatic N) is 2. The second-order valence-electron chi connectivity index (χ2n) is 4.71. The van der Waals surface area contributed by atoms with Crippen molar-refractivity contribution in [3.8, 4) is 0 Å². The molecule has 0 saturated heterocycles. The highest BCUT2D eigenvalue weighted by Gasteiger charge is 2.23. The van der Waals surface area contributed by atoms with E-state index in [1.807, 2.05) is 6.07 Å². The second kappa shape index (κ2) is 5.76. The molecule has 1 heterocycles. The van der Waals surface area contributed by atoms with Crippen molar-refractivity contribution in [1.29, 1.82) is 0 Å². The number of esters is 1. The molecule has 23 heavy (non-hydrogen) atoms.